The SMILES string of the molecule is CCOc1n[nH]c(NC(=O)/C=C/c2cccs2)n1. The third kappa shape index (κ3) is 3.42. The summed E-state index contributed by atoms with van der Waals surface area (Å²) in [6.07, 6.45) is 3.18. The molecule has 0 spiro atoms. The number of ether oxygens (including phenoxy) is 1. The van der Waals surface area contributed by atoms with E-state index in [1.165, 1.54) is 6.08 Å². The number of amides is 1. The highest BCUT2D eigenvalue weighted by Gasteiger charge is 2.05. The van der Waals surface area contributed by atoms with Crippen LogP contribution in [-0.2, 0) is 4.79 Å². The van der Waals surface area contributed by atoms with E-state index in [-0.39, 0.29) is 17.9 Å². The highest BCUT2D eigenvalue weighted by Crippen LogP contribution is 2.10. The lowest BCUT2D eigenvalue weighted by molar-refractivity contribution is -0.111. The van der Waals surface area contributed by atoms with Gasteiger partial charge in [0, 0.05) is 11.0 Å². The van der Waals surface area contributed by atoms with Gasteiger partial charge in [0.05, 0.1) is 6.61 Å². The number of carbonyl (C=O) groups excluding carboxylic acids is 1. The lowest BCUT2D eigenvalue weighted by Gasteiger charge is -1.94. The van der Waals surface area contributed by atoms with Crippen molar-refractivity contribution in [2.75, 3.05) is 11.9 Å². The Balaban J connectivity index is 1.90. The minimum atomic E-state index is -0.275. The molecule has 0 aromatic carbocycles. The lowest BCUT2D eigenvalue weighted by Crippen LogP contribution is -2.09. The molecule has 0 saturated carbocycles. The zero-order chi connectivity index (χ0) is 12.8. The first-order valence-corrected chi connectivity index (χ1v) is 6.23. The number of nitrogens with zero attached hydrogens (tertiary/aromatic N) is 2. The van der Waals surface area contributed by atoms with Gasteiger partial charge in [-0.25, -0.2) is 5.10 Å². The predicted octanol–water partition coefficient (Wildman–Crippen LogP) is 1.92. The van der Waals surface area contributed by atoms with Crippen molar-refractivity contribution in [1.82, 2.24) is 15.2 Å². The van der Waals surface area contributed by atoms with Gasteiger partial charge in [0.25, 0.3) is 5.91 Å². The Morgan fingerprint density at radius 2 is 2.56 bits per heavy atom. The Morgan fingerprint density at radius 1 is 1.67 bits per heavy atom. The molecule has 2 aromatic heterocycles. The number of H-pyrrole nitrogens is 1. The van der Waals surface area contributed by atoms with E-state index in [1.54, 1.807) is 17.4 Å². The molecule has 2 aromatic rings. The van der Waals surface area contributed by atoms with Gasteiger partial charge in [-0.05, 0) is 24.4 Å². The van der Waals surface area contributed by atoms with Crippen molar-refractivity contribution in [2.45, 2.75) is 6.92 Å². The van der Waals surface area contributed by atoms with Gasteiger partial charge in [-0.15, -0.1) is 16.4 Å². The summed E-state index contributed by atoms with van der Waals surface area (Å²) in [7, 11) is 0. The van der Waals surface area contributed by atoms with Gasteiger partial charge in [-0.2, -0.15) is 4.98 Å². The van der Waals surface area contributed by atoms with Gasteiger partial charge >= 0.3 is 6.01 Å². The zero-order valence-electron chi connectivity index (χ0n) is 9.71. The van der Waals surface area contributed by atoms with Crippen LogP contribution in [0, 0.1) is 0 Å². The summed E-state index contributed by atoms with van der Waals surface area (Å²) in [5.74, 6) is -0.0121. The molecule has 1 amide bonds. The van der Waals surface area contributed by atoms with Crippen LogP contribution in [0.25, 0.3) is 6.08 Å². The van der Waals surface area contributed by atoms with Crippen LogP contribution in [0.15, 0.2) is 23.6 Å². The summed E-state index contributed by atoms with van der Waals surface area (Å²) in [5.41, 5.74) is 0. The second kappa shape index (κ2) is 5.97. The second-order valence-corrected chi connectivity index (χ2v) is 4.22. The number of nitrogens with one attached hydrogen (secondary N) is 2. The number of carbonyl (C=O) groups is 1. The maximum atomic E-state index is 11.6. The topological polar surface area (TPSA) is 79.9 Å². The Bertz CT molecular complexity index is 533. The molecule has 6 nitrogen and oxygen atoms in total. The fraction of sp³-hybridized carbons (Fsp3) is 0.182. The third-order valence-corrected chi connectivity index (χ3v) is 2.76. The van der Waals surface area contributed by atoms with Crippen molar-refractivity contribution in [3.05, 3.63) is 28.5 Å². The minimum Gasteiger partial charge on any atom is -0.463 e. The summed E-state index contributed by atoms with van der Waals surface area (Å²) in [4.78, 5) is 16.5. The summed E-state index contributed by atoms with van der Waals surface area (Å²) in [5, 5.41) is 10.8. The van der Waals surface area contributed by atoms with Crippen molar-refractivity contribution in [2.24, 2.45) is 0 Å². The van der Waals surface area contributed by atoms with Crippen LogP contribution in [-0.4, -0.2) is 27.7 Å². The first kappa shape index (κ1) is 12.3. The number of hydrogen-bond donors (Lipinski definition) is 2. The van der Waals surface area contributed by atoms with Crippen molar-refractivity contribution >= 4 is 29.3 Å². The maximum absolute atomic E-state index is 11.6. The van der Waals surface area contributed by atoms with Crippen LogP contribution < -0.4 is 10.1 Å². The molecule has 0 unspecified atom stereocenters. The van der Waals surface area contributed by atoms with E-state index in [0.717, 1.165) is 4.88 Å². The van der Waals surface area contributed by atoms with E-state index in [4.69, 9.17) is 4.74 Å². The van der Waals surface area contributed by atoms with E-state index in [9.17, 15) is 4.79 Å². The Morgan fingerprint density at radius 3 is 3.28 bits per heavy atom. The number of rotatable bonds is 5. The van der Waals surface area contributed by atoms with Crippen LogP contribution in [0.2, 0.25) is 0 Å². The first-order chi connectivity index (χ1) is 8.78. The summed E-state index contributed by atoms with van der Waals surface area (Å²) < 4.78 is 5.07. The Kier molecular flexibility index (Phi) is 4.08. The molecule has 0 aliphatic heterocycles. The predicted molar refractivity (Wildman–Crippen MR) is 69.5 cm³/mol. The fourth-order valence-electron chi connectivity index (χ4n) is 1.20. The lowest BCUT2D eigenvalue weighted by atomic mass is 10.4. The highest BCUT2D eigenvalue weighted by molar-refractivity contribution is 7.10. The molecule has 0 fully saturated rings. The van der Waals surface area contributed by atoms with E-state index in [0.29, 0.717) is 6.61 Å². The number of aromatic nitrogens is 3. The molecular weight excluding hydrogens is 252 g/mol. The molecular formula is C11H12N4O2S. The summed E-state index contributed by atoms with van der Waals surface area (Å²) in [6.45, 7) is 2.31. The van der Waals surface area contributed by atoms with Crippen LogP contribution in [0.5, 0.6) is 6.01 Å². The molecule has 0 saturated heterocycles. The molecule has 0 radical (unpaired) electrons. The smallest absolute Gasteiger partial charge is 0.337 e. The first-order valence-electron chi connectivity index (χ1n) is 5.35. The van der Waals surface area contributed by atoms with Crippen LogP contribution in [0.4, 0.5) is 5.95 Å². The molecule has 2 rings (SSSR count). The molecule has 18 heavy (non-hydrogen) atoms. The van der Waals surface area contributed by atoms with E-state index < -0.39 is 0 Å². The van der Waals surface area contributed by atoms with Crippen molar-refractivity contribution in [3.63, 3.8) is 0 Å². The Labute approximate surface area is 108 Å². The van der Waals surface area contributed by atoms with Crippen LogP contribution in [0.3, 0.4) is 0 Å². The zero-order valence-corrected chi connectivity index (χ0v) is 10.5. The largest absolute Gasteiger partial charge is 0.463 e. The van der Waals surface area contributed by atoms with Gasteiger partial charge in [0.2, 0.25) is 5.95 Å². The second-order valence-electron chi connectivity index (χ2n) is 3.24. The van der Waals surface area contributed by atoms with Crippen molar-refractivity contribution in [1.29, 1.82) is 0 Å². The monoisotopic (exact) mass is 264 g/mol. The van der Waals surface area contributed by atoms with E-state index in [2.05, 4.69) is 20.5 Å². The molecule has 0 aliphatic carbocycles. The number of thiophene rings is 1. The molecule has 2 heterocycles. The van der Waals surface area contributed by atoms with Gasteiger partial charge in [0.15, 0.2) is 0 Å². The van der Waals surface area contributed by atoms with Gasteiger partial charge < -0.3 is 4.74 Å². The number of anilines is 1. The third-order valence-electron chi connectivity index (χ3n) is 1.92. The molecule has 0 bridgehead atoms. The Hall–Kier alpha value is -2.15. The fourth-order valence-corrected chi connectivity index (χ4v) is 1.82. The average molecular weight is 264 g/mol. The van der Waals surface area contributed by atoms with Gasteiger partial charge in [0.1, 0.15) is 0 Å². The molecule has 0 aliphatic rings. The van der Waals surface area contributed by atoms with Crippen LogP contribution in [0.1, 0.15) is 11.8 Å². The van der Waals surface area contributed by atoms with Gasteiger partial charge in [-0.1, -0.05) is 6.07 Å². The highest BCUT2D eigenvalue weighted by atomic mass is 32.1. The summed E-state index contributed by atoms with van der Waals surface area (Å²) >= 11 is 1.56. The summed E-state index contributed by atoms with van der Waals surface area (Å²) in [6, 6.07) is 4.07. The molecule has 7 heteroatoms. The molecule has 94 valence electrons. The van der Waals surface area contributed by atoms with Crippen molar-refractivity contribution < 1.29 is 9.53 Å². The molecule has 0 atom stereocenters. The van der Waals surface area contributed by atoms with Crippen LogP contribution >= 0.6 is 11.3 Å². The standard InChI is InChI=1S/C11H12N4O2S/c1-2-17-11-13-10(14-15-11)12-9(16)6-5-8-4-3-7-18-8/h3-7H,2H2,1H3,(H2,12,13,14,15,16)/b6-5+. The quantitative estimate of drug-likeness (QED) is 0.808. The average Bonchev–Trinajstić information content (AvgIpc) is 2.99. The molecule has 2 N–H and O–H groups in total. The number of aromatic amines is 1. The van der Waals surface area contributed by atoms with E-state index in [1.807, 2.05) is 24.4 Å². The van der Waals surface area contributed by atoms with Gasteiger partial charge in [-0.3, -0.25) is 10.1 Å². The minimum absolute atomic E-state index is 0.218. The maximum Gasteiger partial charge on any atom is 0.337 e. The van der Waals surface area contributed by atoms with E-state index >= 15 is 0 Å². The number of hydrogen-bond acceptors (Lipinski definition) is 5. The normalized spacial score (nSPS) is 10.7. The van der Waals surface area contributed by atoms with Crippen molar-refractivity contribution in [3.8, 4) is 6.01 Å².